The summed E-state index contributed by atoms with van der Waals surface area (Å²) < 4.78 is 38.5. The number of nitrogens with zero attached hydrogens (tertiary/aromatic N) is 2. The molecule has 0 atom stereocenters. The summed E-state index contributed by atoms with van der Waals surface area (Å²) in [6.07, 6.45) is 0.0887. The van der Waals surface area contributed by atoms with Crippen LogP contribution in [-0.4, -0.2) is 26.3 Å². The van der Waals surface area contributed by atoms with E-state index in [0.717, 1.165) is 16.4 Å². The summed E-state index contributed by atoms with van der Waals surface area (Å²) in [5, 5.41) is 8.45. The van der Waals surface area contributed by atoms with Crippen LogP contribution in [0.2, 0.25) is 0 Å². The van der Waals surface area contributed by atoms with Crippen molar-refractivity contribution < 1.29 is 12.8 Å². The van der Waals surface area contributed by atoms with Gasteiger partial charge in [-0.2, -0.15) is 9.57 Å². The molecule has 18 heavy (non-hydrogen) atoms. The van der Waals surface area contributed by atoms with Crippen molar-refractivity contribution in [3.63, 3.8) is 0 Å². The molecular formula is C11H14FN3O2S. The van der Waals surface area contributed by atoms with E-state index in [2.05, 4.69) is 0 Å². The van der Waals surface area contributed by atoms with E-state index in [1.807, 2.05) is 6.07 Å². The van der Waals surface area contributed by atoms with Crippen molar-refractivity contribution in [3.05, 3.63) is 23.5 Å². The van der Waals surface area contributed by atoms with Crippen LogP contribution in [0, 0.1) is 24.1 Å². The topological polar surface area (TPSA) is 87.2 Å². The van der Waals surface area contributed by atoms with Gasteiger partial charge in [0.15, 0.2) is 0 Å². The first-order chi connectivity index (χ1) is 8.30. The minimum atomic E-state index is -3.75. The standard InChI is InChI=1S/C11H14FN3O2S/c1-8-6-9(12)10(14)7-11(8)18(16,17)15(2)5-3-4-13/h6-7H,3,5,14H2,1-2H3. The van der Waals surface area contributed by atoms with Gasteiger partial charge in [0.25, 0.3) is 0 Å². The molecule has 2 N–H and O–H groups in total. The molecule has 7 heteroatoms. The van der Waals surface area contributed by atoms with Crippen LogP contribution in [0.3, 0.4) is 0 Å². The maximum absolute atomic E-state index is 13.2. The van der Waals surface area contributed by atoms with Gasteiger partial charge in [0, 0.05) is 20.0 Å². The molecule has 0 saturated carbocycles. The summed E-state index contributed by atoms with van der Waals surface area (Å²) in [4.78, 5) is -0.0400. The molecule has 0 aromatic heterocycles. The van der Waals surface area contributed by atoms with Gasteiger partial charge in [-0.1, -0.05) is 0 Å². The Balaban J connectivity index is 3.21. The highest BCUT2D eigenvalue weighted by molar-refractivity contribution is 7.89. The highest BCUT2D eigenvalue weighted by Crippen LogP contribution is 2.23. The molecule has 0 bridgehead atoms. The number of benzene rings is 1. The number of sulfonamides is 1. The van der Waals surface area contributed by atoms with Gasteiger partial charge >= 0.3 is 0 Å². The van der Waals surface area contributed by atoms with Crippen LogP contribution in [0.4, 0.5) is 10.1 Å². The third kappa shape index (κ3) is 2.78. The molecule has 98 valence electrons. The van der Waals surface area contributed by atoms with Crippen molar-refractivity contribution >= 4 is 15.7 Å². The van der Waals surface area contributed by atoms with Crippen LogP contribution in [0.25, 0.3) is 0 Å². The molecule has 1 aromatic rings. The van der Waals surface area contributed by atoms with E-state index < -0.39 is 15.8 Å². The van der Waals surface area contributed by atoms with Crippen molar-refractivity contribution in [1.82, 2.24) is 4.31 Å². The lowest BCUT2D eigenvalue weighted by Gasteiger charge is -2.17. The second-order valence-electron chi connectivity index (χ2n) is 3.87. The van der Waals surface area contributed by atoms with Gasteiger partial charge in [-0.3, -0.25) is 0 Å². The van der Waals surface area contributed by atoms with E-state index in [1.54, 1.807) is 0 Å². The maximum atomic E-state index is 13.2. The summed E-state index contributed by atoms with van der Waals surface area (Å²) in [6, 6.07) is 4.05. The molecule has 0 aliphatic rings. The first-order valence-corrected chi connectivity index (χ1v) is 6.63. The number of aryl methyl sites for hydroxylation is 1. The molecule has 0 heterocycles. The number of hydrogen-bond donors (Lipinski definition) is 1. The number of nitriles is 1. The van der Waals surface area contributed by atoms with Crippen molar-refractivity contribution in [2.75, 3.05) is 19.3 Å². The first kappa shape index (κ1) is 14.4. The Bertz CT molecular complexity index is 593. The predicted octanol–water partition coefficient (Wildman–Crippen LogP) is 1.25. The fraction of sp³-hybridized carbons (Fsp3) is 0.364. The second kappa shape index (κ2) is 5.33. The van der Waals surface area contributed by atoms with Crippen molar-refractivity contribution in [3.8, 4) is 6.07 Å². The van der Waals surface area contributed by atoms with Gasteiger partial charge in [-0.25, -0.2) is 12.8 Å². The van der Waals surface area contributed by atoms with Crippen LogP contribution in [-0.2, 0) is 10.0 Å². The zero-order valence-corrected chi connectivity index (χ0v) is 11.0. The van der Waals surface area contributed by atoms with Gasteiger partial charge < -0.3 is 5.73 Å². The predicted molar refractivity (Wildman–Crippen MR) is 65.6 cm³/mol. The zero-order valence-electron chi connectivity index (χ0n) is 10.1. The Morgan fingerprint density at radius 2 is 2.11 bits per heavy atom. The lowest BCUT2D eigenvalue weighted by Crippen LogP contribution is -2.28. The summed E-state index contributed by atoms with van der Waals surface area (Å²) >= 11 is 0. The Labute approximate surface area is 106 Å². The molecule has 0 saturated heterocycles. The van der Waals surface area contributed by atoms with E-state index in [4.69, 9.17) is 11.0 Å². The molecule has 1 aromatic carbocycles. The van der Waals surface area contributed by atoms with Gasteiger partial charge in [0.1, 0.15) is 5.82 Å². The lowest BCUT2D eigenvalue weighted by molar-refractivity contribution is 0.476. The van der Waals surface area contributed by atoms with Crippen LogP contribution in [0.15, 0.2) is 17.0 Å². The molecule has 0 aliphatic carbocycles. The Kier molecular flexibility index (Phi) is 4.27. The number of nitrogens with two attached hydrogens (primary N) is 1. The number of halogens is 1. The molecule has 0 spiro atoms. The smallest absolute Gasteiger partial charge is 0.243 e. The fourth-order valence-electron chi connectivity index (χ4n) is 1.44. The minimum absolute atomic E-state index is 0.0400. The number of rotatable bonds is 4. The monoisotopic (exact) mass is 271 g/mol. The molecule has 5 nitrogen and oxygen atoms in total. The van der Waals surface area contributed by atoms with Crippen LogP contribution in [0.5, 0.6) is 0 Å². The van der Waals surface area contributed by atoms with Crippen LogP contribution >= 0.6 is 0 Å². The summed E-state index contributed by atoms with van der Waals surface area (Å²) in [5.41, 5.74) is 5.44. The van der Waals surface area contributed by atoms with Gasteiger partial charge in [-0.15, -0.1) is 0 Å². The average molecular weight is 271 g/mol. The van der Waals surface area contributed by atoms with E-state index in [1.165, 1.54) is 14.0 Å². The normalized spacial score (nSPS) is 11.5. The van der Waals surface area contributed by atoms with E-state index >= 15 is 0 Å². The lowest BCUT2D eigenvalue weighted by atomic mass is 10.2. The molecule has 0 amide bonds. The number of nitrogen functional groups attached to an aromatic ring is 1. The molecular weight excluding hydrogens is 257 g/mol. The van der Waals surface area contributed by atoms with Crippen molar-refractivity contribution in [1.29, 1.82) is 5.26 Å². The SMILES string of the molecule is Cc1cc(F)c(N)cc1S(=O)(=O)N(C)CCC#N. The molecule has 0 aliphatic heterocycles. The molecule has 0 fully saturated rings. The number of anilines is 1. The van der Waals surface area contributed by atoms with E-state index in [-0.39, 0.29) is 29.1 Å². The number of hydrogen-bond acceptors (Lipinski definition) is 4. The van der Waals surface area contributed by atoms with Crippen LogP contribution in [0.1, 0.15) is 12.0 Å². The third-order valence-electron chi connectivity index (χ3n) is 2.52. The quantitative estimate of drug-likeness (QED) is 0.835. The Hall–Kier alpha value is -1.65. The van der Waals surface area contributed by atoms with E-state index in [9.17, 15) is 12.8 Å². The fourth-order valence-corrected chi connectivity index (χ4v) is 2.85. The molecule has 0 unspecified atom stereocenters. The minimum Gasteiger partial charge on any atom is -0.396 e. The van der Waals surface area contributed by atoms with Gasteiger partial charge in [0.05, 0.1) is 16.7 Å². The Morgan fingerprint density at radius 1 is 1.50 bits per heavy atom. The summed E-state index contributed by atoms with van der Waals surface area (Å²) in [6.45, 7) is 1.57. The first-order valence-electron chi connectivity index (χ1n) is 5.19. The van der Waals surface area contributed by atoms with E-state index in [0.29, 0.717) is 0 Å². The highest BCUT2D eigenvalue weighted by Gasteiger charge is 2.23. The maximum Gasteiger partial charge on any atom is 0.243 e. The molecule has 0 radical (unpaired) electrons. The van der Waals surface area contributed by atoms with Crippen molar-refractivity contribution in [2.24, 2.45) is 0 Å². The highest BCUT2D eigenvalue weighted by atomic mass is 32.2. The molecule has 1 rings (SSSR count). The third-order valence-corrected chi connectivity index (χ3v) is 4.52. The van der Waals surface area contributed by atoms with Crippen molar-refractivity contribution in [2.45, 2.75) is 18.2 Å². The Morgan fingerprint density at radius 3 is 2.67 bits per heavy atom. The van der Waals surface area contributed by atoms with Crippen LogP contribution < -0.4 is 5.73 Å². The summed E-state index contributed by atoms with van der Waals surface area (Å²) in [7, 11) is -2.38. The van der Waals surface area contributed by atoms with Gasteiger partial charge in [0.2, 0.25) is 10.0 Å². The zero-order chi connectivity index (χ0) is 13.9. The second-order valence-corrected chi connectivity index (χ2v) is 5.89. The van der Waals surface area contributed by atoms with Gasteiger partial charge in [-0.05, 0) is 24.6 Å². The average Bonchev–Trinajstić information content (AvgIpc) is 2.30. The largest absolute Gasteiger partial charge is 0.396 e. The summed E-state index contributed by atoms with van der Waals surface area (Å²) in [5.74, 6) is -0.647.